The smallest absolute Gasteiger partial charge is 0.199 e. The van der Waals surface area contributed by atoms with E-state index in [0.29, 0.717) is 16.9 Å². The van der Waals surface area contributed by atoms with Gasteiger partial charge in [-0.2, -0.15) is 0 Å². The molecule has 1 heterocycles. The number of benzene rings is 1. The number of furan rings is 1. The highest BCUT2D eigenvalue weighted by Crippen LogP contribution is 2.34. The molecule has 1 unspecified atom stereocenters. The lowest BCUT2D eigenvalue weighted by Gasteiger charge is -2.13. The van der Waals surface area contributed by atoms with E-state index in [9.17, 15) is 9.50 Å². The van der Waals surface area contributed by atoms with E-state index in [1.54, 1.807) is 0 Å². The van der Waals surface area contributed by atoms with Crippen LogP contribution in [0.5, 0.6) is 5.75 Å². The van der Waals surface area contributed by atoms with Crippen LogP contribution < -0.4 is 4.74 Å². The van der Waals surface area contributed by atoms with E-state index in [1.165, 1.54) is 37.6 Å². The molecule has 1 aromatic carbocycles. The molecule has 0 radical (unpaired) electrons. The van der Waals surface area contributed by atoms with Crippen LogP contribution in [0, 0.1) is 5.82 Å². The van der Waals surface area contributed by atoms with Gasteiger partial charge in [0, 0.05) is 11.1 Å². The lowest BCUT2D eigenvalue weighted by Crippen LogP contribution is -2.02. The van der Waals surface area contributed by atoms with Crippen molar-refractivity contribution in [2.75, 3.05) is 7.11 Å². The van der Waals surface area contributed by atoms with Gasteiger partial charge < -0.3 is 14.3 Å². The van der Waals surface area contributed by atoms with Gasteiger partial charge in [-0.05, 0) is 35.9 Å². The van der Waals surface area contributed by atoms with E-state index in [0.717, 1.165) is 0 Å². The van der Waals surface area contributed by atoms with E-state index >= 15 is 0 Å². The van der Waals surface area contributed by atoms with Gasteiger partial charge in [0.15, 0.2) is 5.22 Å². The summed E-state index contributed by atoms with van der Waals surface area (Å²) in [7, 11) is 1.44. The molecule has 17 heavy (non-hydrogen) atoms. The zero-order chi connectivity index (χ0) is 12.4. The Morgan fingerprint density at radius 1 is 1.35 bits per heavy atom. The molecule has 0 fully saturated rings. The summed E-state index contributed by atoms with van der Waals surface area (Å²) in [4.78, 5) is 0. The van der Waals surface area contributed by atoms with Crippen molar-refractivity contribution in [1.29, 1.82) is 0 Å². The maximum absolute atomic E-state index is 13.2. The molecule has 0 aliphatic carbocycles. The second-order valence-electron chi connectivity index (χ2n) is 3.44. The van der Waals surface area contributed by atoms with Crippen LogP contribution in [0.3, 0.4) is 0 Å². The number of methoxy groups -OCH3 is 1. The minimum atomic E-state index is -1.09. The summed E-state index contributed by atoms with van der Waals surface area (Å²) >= 11 is 5.76. The molecule has 0 spiro atoms. The molecule has 1 N–H and O–H groups in total. The van der Waals surface area contributed by atoms with Crippen molar-refractivity contribution in [2.24, 2.45) is 0 Å². The van der Waals surface area contributed by atoms with Crippen molar-refractivity contribution in [3.05, 3.63) is 52.7 Å². The molecule has 90 valence electrons. The molecule has 5 heteroatoms. The number of aliphatic hydroxyl groups excluding tert-OH is 1. The molecule has 3 nitrogen and oxygen atoms in total. The monoisotopic (exact) mass is 256 g/mol. The zero-order valence-electron chi connectivity index (χ0n) is 8.98. The van der Waals surface area contributed by atoms with Crippen molar-refractivity contribution in [3.8, 4) is 5.75 Å². The van der Waals surface area contributed by atoms with Crippen LogP contribution in [-0.2, 0) is 0 Å². The van der Waals surface area contributed by atoms with Gasteiger partial charge in [0.2, 0.25) is 0 Å². The maximum Gasteiger partial charge on any atom is 0.199 e. The molecule has 0 aliphatic heterocycles. The minimum absolute atomic E-state index is 0.0730. The maximum atomic E-state index is 13.2. The summed E-state index contributed by atoms with van der Waals surface area (Å²) in [5.41, 5.74) is 0.673. The summed E-state index contributed by atoms with van der Waals surface area (Å²) in [6.07, 6.45) is 0.263. The zero-order valence-corrected chi connectivity index (χ0v) is 9.74. The number of hydrogen-bond acceptors (Lipinski definition) is 3. The number of rotatable bonds is 3. The Bertz CT molecular complexity index is 524. The molecular formula is C12H10ClFO3. The third-order valence-corrected chi connectivity index (χ3v) is 2.73. The SMILES string of the molecule is COc1ccc(F)cc1C(O)c1ccoc1Cl. The first-order valence-electron chi connectivity index (χ1n) is 4.88. The standard InChI is InChI=1S/C12H10ClFO3/c1-16-10-3-2-7(14)6-9(10)11(15)8-4-5-17-12(8)13/h2-6,11,15H,1H3. The first-order valence-corrected chi connectivity index (χ1v) is 5.25. The fourth-order valence-electron chi connectivity index (χ4n) is 1.59. The third kappa shape index (κ3) is 2.28. The first-order chi connectivity index (χ1) is 8.13. The molecule has 2 aromatic rings. The van der Waals surface area contributed by atoms with E-state index in [2.05, 4.69) is 0 Å². The molecular weight excluding hydrogens is 247 g/mol. The Morgan fingerprint density at radius 2 is 2.12 bits per heavy atom. The van der Waals surface area contributed by atoms with Crippen LogP contribution >= 0.6 is 11.6 Å². The second-order valence-corrected chi connectivity index (χ2v) is 3.78. The molecule has 1 atom stereocenters. The normalized spacial score (nSPS) is 12.5. The van der Waals surface area contributed by atoms with E-state index in [-0.39, 0.29) is 5.22 Å². The topological polar surface area (TPSA) is 42.6 Å². The lowest BCUT2D eigenvalue weighted by molar-refractivity contribution is 0.213. The molecule has 0 saturated heterocycles. The number of ether oxygens (including phenoxy) is 1. The van der Waals surface area contributed by atoms with Gasteiger partial charge >= 0.3 is 0 Å². The lowest BCUT2D eigenvalue weighted by atomic mass is 10.0. The molecule has 0 saturated carbocycles. The highest BCUT2D eigenvalue weighted by Gasteiger charge is 2.20. The Morgan fingerprint density at radius 3 is 2.71 bits per heavy atom. The van der Waals surface area contributed by atoms with Crippen LogP contribution in [0.15, 0.2) is 34.9 Å². The van der Waals surface area contributed by atoms with Crippen LogP contribution in [0.4, 0.5) is 4.39 Å². The Kier molecular flexibility index (Phi) is 3.36. The van der Waals surface area contributed by atoms with Crippen molar-refractivity contribution in [3.63, 3.8) is 0 Å². The van der Waals surface area contributed by atoms with Crippen molar-refractivity contribution < 1.29 is 18.7 Å². The van der Waals surface area contributed by atoms with E-state index < -0.39 is 11.9 Å². The molecule has 0 aliphatic rings. The predicted molar refractivity (Wildman–Crippen MR) is 60.7 cm³/mol. The molecule has 1 aromatic heterocycles. The second kappa shape index (κ2) is 4.77. The number of hydrogen-bond donors (Lipinski definition) is 1. The van der Waals surface area contributed by atoms with Crippen molar-refractivity contribution in [2.45, 2.75) is 6.10 Å². The highest BCUT2D eigenvalue weighted by atomic mass is 35.5. The first kappa shape index (κ1) is 12.0. The largest absolute Gasteiger partial charge is 0.496 e. The van der Waals surface area contributed by atoms with Gasteiger partial charge in [0.05, 0.1) is 13.4 Å². The van der Waals surface area contributed by atoms with Crippen LogP contribution in [0.2, 0.25) is 5.22 Å². The Balaban J connectivity index is 2.46. The fraction of sp³-hybridized carbons (Fsp3) is 0.167. The molecule has 2 rings (SSSR count). The van der Waals surface area contributed by atoms with Gasteiger partial charge in [-0.1, -0.05) is 0 Å². The average Bonchev–Trinajstić information content (AvgIpc) is 2.74. The highest BCUT2D eigenvalue weighted by molar-refractivity contribution is 6.29. The van der Waals surface area contributed by atoms with Crippen molar-refractivity contribution >= 4 is 11.6 Å². The Hall–Kier alpha value is -1.52. The summed E-state index contributed by atoms with van der Waals surface area (Å²) in [5, 5.41) is 10.2. The predicted octanol–water partition coefficient (Wildman–Crippen LogP) is 3.16. The molecule has 0 amide bonds. The van der Waals surface area contributed by atoms with Gasteiger partial charge in [-0.25, -0.2) is 4.39 Å². The summed E-state index contributed by atoms with van der Waals surface area (Å²) < 4.78 is 23.1. The minimum Gasteiger partial charge on any atom is -0.496 e. The van der Waals surface area contributed by atoms with Crippen LogP contribution in [0.25, 0.3) is 0 Å². The van der Waals surface area contributed by atoms with E-state index in [1.807, 2.05) is 0 Å². The average molecular weight is 257 g/mol. The summed E-state index contributed by atoms with van der Waals surface area (Å²) in [6.45, 7) is 0. The van der Waals surface area contributed by atoms with Gasteiger partial charge in [0.1, 0.15) is 17.7 Å². The van der Waals surface area contributed by atoms with Crippen molar-refractivity contribution in [1.82, 2.24) is 0 Å². The number of halogens is 2. The number of aliphatic hydroxyl groups is 1. The molecule has 0 bridgehead atoms. The van der Waals surface area contributed by atoms with Gasteiger partial charge in [-0.15, -0.1) is 0 Å². The Labute approximate surface area is 102 Å². The quantitative estimate of drug-likeness (QED) is 0.917. The van der Waals surface area contributed by atoms with Gasteiger partial charge in [0.25, 0.3) is 0 Å². The fourth-order valence-corrected chi connectivity index (χ4v) is 1.80. The third-order valence-electron chi connectivity index (χ3n) is 2.43. The van der Waals surface area contributed by atoms with E-state index in [4.69, 9.17) is 20.8 Å². The summed E-state index contributed by atoms with van der Waals surface area (Å²) in [6, 6.07) is 5.43. The summed E-state index contributed by atoms with van der Waals surface area (Å²) in [5.74, 6) is -0.0735. The van der Waals surface area contributed by atoms with Crippen LogP contribution in [-0.4, -0.2) is 12.2 Å². The van der Waals surface area contributed by atoms with Crippen LogP contribution in [0.1, 0.15) is 17.2 Å². The van der Waals surface area contributed by atoms with Gasteiger partial charge in [-0.3, -0.25) is 0 Å².